The van der Waals surface area contributed by atoms with E-state index in [1.807, 2.05) is 73.8 Å². The minimum absolute atomic E-state index is 0.0324. The number of hydrogen-bond donors (Lipinski definition) is 2. The Morgan fingerprint density at radius 2 is 1.31 bits per heavy atom. The highest BCUT2D eigenvalue weighted by molar-refractivity contribution is 6.29. The van der Waals surface area contributed by atoms with Crippen LogP contribution in [-0.2, 0) is 9.59 Å². The van der Waals surface area contributed by atoms with Crippen molar-refractivity contribution < 1.29 is 9.59 Å². The van der Waals surface area contributed by atoms with E-state index in [1.165, 1.54) is 6.08 Å². The van der Waals surface area contributed by atoms with Gasteiger partial charge in [-0.05, 0) is 63.2 Å². The first-order valence-corrected chi connectivity index (χ1v) is 10.3. The lowest BCUT2D eigenvalue weighted by Gasteiger charge is -2.10. The van der Waals surface area contributed by atoms with Gasteiger partial charge in [0.05, 0.1) is 11.2 Å². The van der Waals surface area contributed by atoms with Crippen LogP contribution in [-0.4, -0.2) is 21.2 Å². The second-order valence-corrected chi connectivity index (χ2v) is 7.70. The number of carbonyl (C=O) groups is 2. The fraction of sp³-hybridized carbons (Fsp3) is 0.115. The molecule has 0 saturated heterocycles. The molecule has 4 rings (SSSR count). The topological polar surface area (TPSA) is 75.5 Å². The maximum atomic E-state index is 13.2. The highest BCUT2D eigenvalue weighted by Gasteiger charge is 2.21. The van der Waals surface area contributed by atoms with Gasteiger partial charge < -0.3 is 15.0 Å². The van der Waals surface area contributed by atoms with E-state index >= 15 is 0 Å². The van der Waals surface area contributed by atoms with E-state index in [2.05, 4.69) is 15.6 Å². The molecule has 6 heteroatoms. The number of anilines is 2. The van der Waals surface area contributed by atoms with Crippen molar-refractivity contribution in [3.8, 4) is 0 Å². The summed E-state index contributed by atoms with van der Waals surface area (Å²) in [5, 5.41) is 5.64. The van der Waals surface area contributed by atoms with Gasteiger partial charge in [0.2, 0.25) is 0 Å². The number of nitrogens with one attached hydrogen (secondary N) is 2. The maximum Gasteiger partial charge on any atom is 0.261 e. The van der Waals surface area contributed by atoms with Gasteiger partial charge in [-0.25, -0.2) is 4.98 Å². The van der Waals surface area contributed by atoms with Crippen molar-refractivity contribution in [3.05, 3.63) is 101 Å². The summed E-state index contributed by atoms with van der Waals surface area (Å²) < 4.78 is 1.92. The fourth-order valence-corrected chi connectivity index (χ4v) is 3.37. The van der Waals surface area contributed by atoms with Gasteiger partial charge in [-0.3, -0.25) is 9.59 Å². The van der Waals surface area contributed by atoms with Crippen LogP contribution in [0, 0.1) is 20.8 Å². The van der Waals surface area contributed by atoms with Crippen LogP contribution in [0.3, 0.4) is 0 Å². The maximum absolute atomic E-state index is 13.2. The van der Waals surface area contributed by atoms with Crippen molar-refractivity contribution in [2.24, 2.45) is 0 Å². The minimum atomic E-state index is -0.506. The van der Waals surface area contributed by atoms with E-state index in [1.54, 1.807) is 24.3 Å². The van der Waals surface area contributed by atoms with Crippen LogP contribution in [0.5, 0.6) is 0 Å². The summed E-state index contributed by atoms with van der Waals surface area (Å²) in [6.07, 6.45) is 3.43. The summed E-state index contributed by atoms with van der Waals surface area (Å²) in [5.41, 5.74) is 4.72. The van der Waals surface area contributed by atoms with Crippen LogP contribution in [0.1, 0.15) is 22.6 Å². The zero-order valence-corrected chi connectivity index (χ0v) is 18.2. The molecule has 0 spiro atoms. The SMILES string of the molecule is Cc1ccc(NC(=O)C(=Cc2nc(C)n3ccccc23)C(=O)Nc2ccc(C)cc2)cc1. The largest absolute Gasteiger partial charge is 0.322 e. The number of amides is 2. The van der Waals surface area contributed by atoms with Gasteiger partial charge in [0, 0.05) is 17.6 Å². The second-order valence-electron chi connectivity index (χ2n) is 7.70. The molecule has 2 heterocycles. The molecule has 4 aromatic rings. The van der Waals surface area contributed by atoms with Crippen LogP contribution in [0.4, 0.5) is 11.4 Å². The number of pyridine rings is 1. The van der Waals surface area contributed by atoms with E-state index in [4.69, 9.17) is 0 Å². The van der Waals surface area contributed by atoms with E-state index in [9.17, 15) is 9.59 Å². The predicted octanol–water partition coefficient (Wildman–Crippen LogP) is 4.92. The number of aryl methyl sites for hydroxylation is 3. The van der Waals surface area contributed by atoms with E-state index < -0.39 is 11.8 Å². The molecule has 0 fully saturated rings. The number of fused-ring (bicyclic) bond motifs is 1. The number of nitrogens with zero attached hydrogens (tertiary/aromatic N) is 2. The summed E-state index contributed by atoms with van der Waals surface area (Å²) >= 11 is 0. The molecular formula is C26H24N4O2. The van der Waals surface area contributed by atoms with Crippen LogP contribution in [0.25, 0.3) is 11.6 Å². The number of aromatic nitrogens is 2. The molecule has 0 radical (unpaired) electrons. The van der Waals surface area contributed by atoms with Crippen LogP contribution >= 0.6 is 0 Å². The molecule has 0 aliphatic rings. The van der Waals surface area contributed by atoms with Crippen LogP contribution in [0.15, 0.2) is 78.5 Å². The molecule has 2 aromatic heterocycles. The standard InChI is InChI=1S/C26H24N4O2/c1-17-7-11-20(12-8-17)28-25(31)22(26(32)29-21-13-9-18(2)10-14-21)16-23-24-6-4-5-15-30(24)19(3)27-23/h4-16H,1-3H3,(H,28,31)(H,29,32). The van der Waals surface area contributed by atoms with Crippen LogP contribution < -0.4 is 10.6 Å². The molecule has 6 nitrogen and oxygen atoms in total. The van der Waals surface area contributed by atoms with Crippen molar-refractivity contribution in [1.82, 2.24) is 9.38 Å². The normalized spacial score (nSPS) is 10.6. The third kappa shape index (κ3) is 4.59. The zero-order valence-electron chi connectivity index (χ0n) is 18.2. The average Bonchev–Trinajstić information content (AvgIpc) is 3.10. The van der Waals surface area contributed by atoms with Gasteiger partial charge in [-0.2, -0.15) is 0 Å². The Kier molecular flexibility index (Phi) is 5.85. The smallest absolute Gasteiger partial charge is 0.261 e. The molecule has 160 valence electrons. The molecule has 0 unspecified atom stereocenters. The van der Waals surface area contributed by atoms with Crippen molar-refractivity contribution >= 4 is 34.8 Å². The summed E-state index contributed by atoms with van der Waals surface area (Å²) in [7, 11) is 0. The second kappa shape index (κ2) is 8.89. The lowest BCUT2D eigenvalue weighted by molar-refractivity contribution is -0.118. The molecular weight excluding hydrogens is 400 g/mol. The van der Waals surface area contributed by atoms with Crippen molar-refractivity contribution in [3.63, 3.8) is 0 Å². The molecule has 0 atom stereocenters. The lowest BCUT2D eigenvalue weighted by Crippen LogP contribution is -2.25. The summed E-state index contributed by atoms with van der Waals surface area (Å²) in [6.45, 7) is 5.82. The Bertz CT molecular complexity index is 1250. The Balaban J connectivity index is 1.71. The predicted molar refractivity (Wildman–Crippen MR) is 128 cm³/mol. The third-order valence-corrected chi connectivity index (χ3v) is 5.14. The highest BCUT2D eigenvalue weighted by Crippen LogP contribution is 2.19. The van der Waals surface area contributed by atoms with Gasteiger partial charge in [0.1, 0.15) is 11.4 Å². The van der Waals surface area contributed by atoms with Gasteiger partial charge in [0.15, 0.2) is 0 Å². The molecule has 0 saturated carbocycles. The highest BCUT2D eigenvalue weighted by atomic mass is 16.2. The molecule has 2 N–H and O–H groups in total. The lowest BCUT2D eigenvalue weighted by atomic mass is 10.1. The first-order chi connectivity index (χ1) is 15.4. The fourth-order valence-electron chi connectivity index (χ4n) is 3.37. The molecule has 0 aliphatic carbocycles. The number of rotatable bonds is 5. The van der Waals surface area contributed by atoms with Gasteiger partial charge in [-0.15, -0.1) is 0 Å². The van der Waals surface area contributed by atoms with Crippen LogP contribution in [0.2, 0.25) is 0 Å². The van der Waals surface area contributed by atoms with Gasteiger partial charge in [-0.1, -0.05) is 41.5 Å². The molecule has 2 aromatic carbocycles. The Labute approximate surface area is 186 Å². The van der Waals surface area contributed by atoms with Crippen molar-refractivity contribution in [1.29, 1.82) is 0 Å². The van der Waals surface area contributed by atoms with Gasteiger partial charge in [0.25, 0.3) is 11.8 Å². The van der Waals surface area contributed by atoms with E-state index in [0.717, 1.165) is 22.5 Å². The monoisotopic (exact) mass is 424 g/mol. The molecule has 0 bridgehead atoms. The summed E-state index contributed by atoms with van der Waals surface area (Å²) in [5.74, 6) is -0.245. The number of carbonyl (C=O) groups excluding carboxylic acids is 2. The van der Waals surface area contributed by atoms with Crippen molar-refractivity contribution in [2.75, 3.05) is 10.6 Å². The molecule has 2 amide bonds. The third-order valence-electron chi connectivity index (χ3n) is 5.14. The molecule has 0 aliphatic heterocycles. The molecule has 32 heavy (non-hydrogen) atoms. The number of hydrogen-bond acceptors (Lipinski definition) is 3. The average molecular weight is 425 g/mol. The summed E-state index contributed by atoms with van der Waals surface area (Å²) in [4.78, 5) is 30.9. The zero-order chi connectivity index (χ0) is 22.7. The summed E-state index contributed by atoms with van der Waals surface area (Å²) in [6, 6.07) is 20.5. The Morgan fingerprint density at radius 1 is 0.781 bits per heavy atom. The minimum Gasteiger partial charge on any atom is -0.322 e. The number of benzene rings is 2. The van der Waals surface area contributed by atoms with E-state index in [0.29, 0.717) is 17.1 Å². The quantitative estimate of drug-likeness (QED) is 0.271. The number of imidazole rings is 1. The first kappa shape index (κ1) is 21.1. The first-order valence-electron chi connectivity index (χ1n) is 10.3. The van der Waals surface area contributed by atoms with Crippen molar-refractivity contribution in [2.45, 2.75) is 20.8 Å². The Morgan fingerprint density at radius 3 is 1.84 bits per heavy atom. The van der Waals surface area contributed by atoms with Gasteiger partial charge >= 0.3 is 0 Å². The Hall–Kier alpha value is -4.19. The van der Waals surface area contributed by atoms with E-state index in [-0.39, 0.29) is 5.57 Å².